The Morgan fingerprint density at radius 2 is 1.95 bits per heavy atom. The minimum absolute atomic E-state index is 0.265. The third-order valence-corrected chi connectivity index (χ3v) is 7.00. The second-order valence-corrected chi connectivity index (χ2v) is 8.63. The van der Waals surface area contributed by atoms with Gasteiger partial charge >= 0.3 is 0 Å². The van der Waals surface area contributed by atoms with Crippen LogP contribution in [0.1, 0.15) is 64.7 Å². The van der Waals surface area contributed by atoms with Crippen molar-refractivity contribution < 1.29 is 4.74 Å². The first kappa shape index (κ1) is 16.1. The molecule has 1 spiro atoms. The van der Waals surface area contributed by atoms with Crippen molar-refractivity contribution in [3.05, 3.63) is 0 Å². The van der Waals surface area contributed by atoms with Gasteiger partial charge in [0, 0.05) is 12.6 Å². The molecule has 21 heavy (non-hydrogen) atoms. The summed E-state index contributed by atoms with van der Waals surface area (Å²) in [5.74, 6) is 4.46. The van der Waals surface area contributed by atoms with Crippen molar-refractivity contribution in [1.29, 1.82) is 0 Å². The number of rotatable bonds is 4. The van der Waals surface area contributed by atoms with Gasteiger partial charge in [0.2, 0.25) is 0 Å². The van der Waals surface area contributed by atoms with Crippen molar-refractivity contribution in [1.82, 2.24) is 5.32 Å². The molecule has 0 bridgehead atoms. The van der Waals surface area contributed by atoms with Gasteiger partial charge in [-0.05, 0) is 74.8 Å². The van der Waals surface area contributed by atoms with E-state index in [2.05, 4.69) is 24.0 Å². The zero-order valence-corrected chi connectivity index (χ0v) is 14.6. The van der Waals surface area contributed by atoms with E-state index in [4.69, 9.17) is 4.74 Å². The fourth-order valence-corrected chi connectivity index (χ4v) is 6.07. The highest BCUT2D eigenvalue weighted by atomic mass is 32.2. The van der Waals surface area contributed by atoms with Gasteiger partial charge in [-0.1, -0.05) is 19.8 Å². The number of nitrogens with one attached hydrogen (secondary N) is 1. The van der Waals surface area contributed by atoms with Crippen LogP contribution in [0.4, 0.5) is 0 Å². The standard InChI is InChI=1S/C18H33NOS/c1-2-10-19-17-6-4-3-5-16(17)15-7-11-20-18(14-15)8-12-21-13-9-18/h15-17,19H,2-14H2,1H3. The zero-order valence-electron chi connectivity index (χ0n) is 13.7. The summed E-state index contributed by atoms with van der Waals surface area (Å²) < 4.78 is 6.31. The molecular formula is C18H33NOS. The largest absolute Gasteiger partial charge is 0.375 e. The molecule has 2 saturated heterocycles. The van der Waals surface area contributed by atoms with E-state index >= 15 is 0 Å². The van der Waals surface area contributed by atoms with Gasteiger partial charge in [0.15, 0.2) is 0 Å². The normalized spacial score (nSPS) is 36.7. The van der Waals surface area contributed by atoms with Gasteiger partial charge in [-0.15, -0.1) is 0 Å². The van der Waals surface area contributed by atoms with E-state index < -0.39 is 0 Å². The van der Waals surface area contributed by atoms with Crippen LogP contribution in [0.2, 0.25) is 0 Å². The highest BCUT2D eigenvalue weighted by molar-refractivity contribution is 7.99. The molecule has 0 aromatic heterocycles. The molecule has 3 heteroatoms. The van der Waals surface area contributed by atoms with Gasteiger partial charge < -0.3 is 10.1 Å². The van der Waals surface area contributed by atoms with E-state index in [-0.39, 0.29) is 5.60 Å². The molecule has 0 radical (unpaired) electrons. The van der Waals surface area contributed by atoms with Crippen LogP contribution in [0.25, 0.3) is 0 Å². The van der Waals surface area contributed by atoms with Gasteiger partial charge in [0.25, 0.3) is 0 Å². The predicted octanol–water partition coefficient (Wildman–Crippen LogP) is 4.24. The van der Waals surface area contributed by atoms with Gasteiger partial charge in [0.05, 0.1) is 5.60 Å². The number of hydrogen-bond donors (Lipinski definition) is 1. The number of thioether (sulfide) groups is 1. The Bertz CT molecular complexity index is 311. The molecule has 3 atom stereocenters. The maximum absolute atomic E-state index is 6.31. The summed E-state index contributed by atoms with van der Waals surface area (Å²) in [6, 6.07) is 0.789. The lowest BCUT2D eigenvalue weighted by molar-refractivity contribution is -0.115. The maximum atomic E-state index is 6.31. The third-order valence-electron chi connectivity index (χ3n) is 6.02. The van der Waals surface area contributed by atoms with Crippen molar-refractivity contribution in [2.24, 2.45) is 11.8 Å². The Morgan fingerprint density at radius 1 is 1.14 bits per heavy atom. The van der Waals surface area contributed by atoms with E-state index in [0.717, 1.165) is 24.5 Å². The highest BCUT2D eigenvalue weighted by Crippen LogP contribution is 2.45. The van der Waals surface area contributed by atoms with Crippen molar-refractivity contribution in [2.45, 2.75) is 76.4 Å². The summed E-state index contributed by atoms with van der Waals surface area (Å²) >= 11 is 2.12. The van der Waals surface area contributed by atoms with E-state index in [1.165, 1.54) is 75.8 Å². The summed E-state index contributed by atoms with van der Waals surface area (Å²) in [7, 11) is 0. The van der Waals surface area contributed by atoms with Crippen LogP contribution in [0.5, 0.6) is 0 Å². The number of ether oxygens (including phenoxy) is 1. The molecule has 1 saturated carbocycles. The van der Waals surface area contributed by atoms with E-state index in [0.29, 0.717) is 0 Å². The Morgan fingerprint density at radius 3 is 2.76 bits per heavy atom. The average Bonchev–Trinajstić information content (AvgIpc) is 2.54. The van der Waals surface area contributed by atoms with Gasteiger partial charge in [0.1, 0.15) is 0 Å². The van der Waals surface area contributed by atoms with E-state index in [9.17, 15) is 0 Å². The van der Waals surface area contributed by atoms with Crippen LogP contribution in [-0.2, 0) is 4.74 Å². The minimum atomic E-state index is 0.265. The molecule has 0 aromatic rings. The molecule has 3 rings (SSSR count). The lowest BCUT2D eigenvalue weighted by Crippen LogP contribution is -2.49. The molecule has 1 N–H and O–H groups in total. The van der Waals surface area contributed by atoms with E-state index in [1.807, 2.05) is 0 Å². The first-order valence-corrected chi connectivity index (χ1v) is 10.4. The smallest absolute Gasteiger partial charge is 0.0701 e. The predicted molar refractivity (Wildman–Crippen MR) is 92.0 cm³/mol. The zero-order chi connectivity index (χ0) is 14.5. The molecule has 2 heterocycles. The maximum Gasteiger partial charge on any atom is 0.0701 e. The third kappa shape index (κ3) is 3.97. The number of hydrogen-bond acceptors (Lipinski definition) is 3. The molecule has 2 aliphatic heterocycles. The summed E-state index contributed by atoms with van der Waals surface area (Å²) in [5, 5.41) is 3.87. The Hall–Kier alpha value is 0.270. The van der Waals surface area contributed by atoms with Crippen LogP contribution in [-0.4, -0.2) is 36.3 Å². The summed E-state index contributed by atoms with van der Waals surface area (Å²) in [6.45, 7) is 4.51. The first-order valence-electron chi connectivity index (χ1n) is 9.28. The molecule has 0 amide bonds. The van der Waals surface area contributed by atoms with Crippen LogP contribution >= 0.6 is 11.8 Å². The topological polar surface area (TPSA) is 21.3 Å². The first-order chi connectivity index (χ1) is 10.3. The molecule has 2 nitrogen and oxygen atoms in total. The SMILES string of the molecule is CCCNC1CCCCC1C1CCOC2(CCSCC2)C1. The minimum Gasteiger partial charge on any atom is -0.375 e. The van der Waals surface area contributed by atoms with Crippen LogP contribution in [0.3, 0.4) is 0 Å². The summed E-state index contributed by atoms with van der Waals surface area (Å²) in [6.07, 6.45) is 12.3. The van der Waals surface area contributed by atoms with Crippen LogP contribution in [0.15, 0.2) is 0 Å². The van der Waals surface area contributed by atoms with Crippen molar-refractivity contribution in [3.63, 3.8) is 0 Å². The fraction of sp³-hybridized carbons (Fsp3) is 1.00. The van der Waals surface area contributed by atoms with Gasteiger partial charge in [-0.2, -0.15) is 11.8 Å². The van der Waals surface area contributed by atoms with Gasteiger partial charge in [-0.3, -0.25) is 0 Å². The molecule has 3 fully saturated rings. The van der Waals surface area contributed by atoms with Crippen molar-refractivity contribution >= 4 is 11.8 Å². The van der Waals surface area contributed by atoms with Gasteiger partial charge in [-0.25, -0.2) is 0 Å². The molecule has 1 aliphatic carbocycles. The molecule has 0 aromatic carbocycles. The molecular weight excluding hydrogens is 278 g/mol. The lowest BCUT2D eigenvalue weighted by atomic mass is 9.69. The van der Waals surface area contributed by atoms with E-state index in [1.54, 1.807) is 0 Å². The second kappa shape index (κ2) is 7.70. The Kier molecular flexibility index (Phi) is 5.92. The highest BCUT2D eigenvalue weighted by Gasteiger charge is 2.42. The van der Waals surface area contributed by atoms with Crippen LogP contribution in [0, 0.1) is 11.8 Å². The fourth-order valence-electron chi connectivity index (χ4n) is 4.83. The molecule has 122 valence electrons. The molecule has 3 aliphatic rings. The molecule has 3 unspecified atom stereocenters. The average molecular weight is 312 g/mol. The van der Waals surface area contributed by atoms with Crippen molar-refractivity contribution in [2.75, 3.05) is 24.7 Å². The summed E-state index contributed by atoms with van der Waals surface area (Å²) in [5.41, 5.74) is 0.265. The second-order valence-electron chi connectivity index (χ2n) is 7.41. The van der Waals surface area contributed by atoms with Crippen molar-refractivity contribution in [3.8, 4) is 0 Å². The lowest BCUT2D eigenvalue weighted by Gasteiger charge is -2.48. The Labute approximate surface area is 135 Å². The quantitative estimate of drug-likeness (QED) is 0.839. The Balaban J connectivity index is 1.63. The van der Waals surface area contributed by atoms with Crippen LogP contribution < -0.4 is 5.32 Å². The monoisotopic (exact) mass is 311 g/mol. The summed E-state index contributed by atoms with van der Waals surface area (Å²) in [4.78, 5) is 0.